The van der Waals surface area contributed by atoms with Gasteiger partial charge in [0.25, 0.3) is 0 Å². The summed E-state index contributed by atoms with van der Waals surface area (Å²) in [4.78, 5) is 13.4. The van der Waals surface area contributed by atoms with Crippen LogP contribution in [0.4, 0.5) is 35.1 Å². The first-order valence-corrected chi connectivity index (χ1v) is 15.4. The van der Waals surface area contributed by atoms with Gasteiger partial charge in [-0.05, 0) is 0 Å². The standard InChI is InChI=1S/C18H20Cl2F8N2O3P2/c1-29-15(31)11-5-3-4-6-12(11)34(2)35(29,30(9-7-19)10-8-20)32-13(14(33-35)17(23,24)25)16(21,22)18(26,27)28/h3-6,13-14H,7-10H2,1-2H3. The van der Waals surface area contributed by atoms with Gasteiger partial charge in [-0.1, -0.05) is 0 Å². The zero-order valence-corrected chi connectivity index (χ0v) is 21.4. The van der Waals surface area contributed by atoms with Crippen LogP contribution in [0.5, 0.6) is 0 Å². The molecule has 5 nitrogen and oxygen atoms in total. The van der Waals surface area contributed by atoms with E-state index in [1.807, 2.05) is 0 Å². The molecule has 0 aromatic heterocycles. The molecule has 1 aromatic carbocycles. The average Bonchev–Trinajstić information content (AvgIpc) is 3.16. The van der Waals surface area contributed by atoms with Crippen LogP contribution in [0.15, 0.2) is 24.3 Å². The molecule has 3 unspecified atom stereocenters. The summed E-state index contributed by atoms with van der Waals surface area (Å²) < 4.78 is 124. The van der Waals surface area contributed by atoms with Gasteiger partial charge >= 0.3 is 206 Å². The Hall–Kier alpha value is -0.550. The van der Waals surface area contributed by atoms with E-state index in [2.05, 4.69) is 0 Å². The minimum absolute atomic E-state index is 0.0392. The van der Waals surface area contributed by atoms with E-state index in [4.69, 9.17) is 32.2 Å². The van der Waals surface area contributed by atoms with E-state index in [0.717, 1.165) is 11.7 Å². The molecule has 0 aliphatic carbocycles. The molecule has 2 heterocycles. The molecule has 1 aromatic rings. The summed E-state index contributed by atoms with van der Waals surface area (Å²) in [5.74, 6) is -7.53. The maximum absolute atomic E-state index is 14.6. The number of amides is 1. The van der Waals surface area contributed by atoms with Gasteiger partial charge in [0, 0.05) is 0 Å². The Balaban J connectivity index is 2.42. The van der Waals surface area contributed by atoms with Gasteiger partial charge in [-0.15, -0.1) is 0 Å². The fraction of sp³-hybridized carbons (Fsp3) is 0.611. The van der Waals surface area contributed by atoms with Gasteiger partial charge < -0.3 is 0 Å². The van der Waals surface area contributed by atoms with Crippen LogP contribution in [0.25, 0.3) is 0 Å². The van der Waals surface area contributed by atoms with E-state index < -0.39 is 51.0 Å². The molecular weight excluding hydrogens is 577 g/mol. The quantitative estimate of drug-likeness (QED) is 0.231. The number of hydrogen-bond acceptors (Lipinski definition) is 4. The van der Waals surface area contributed by atoms with Crippen molar-refractivity contribution in [3.05, 3.63) is 29.8 Å². The van der Waals surface area contributed by atoms with Crippen LogP contribution < -0.4 is 5.30 Å². The molecule has 1 saturated heterocycles. The molecule has 1 spiro atoms. The summed E-state index contributed by atoms with van der Waals surface area (Å²) in [5.41, 5.74) is 0.0392. The summed E-state index contributed by atoms with van der Waals surface area (Å²) in [5, 5.41) is 0.134. The zero-order valence-electron chi connectivity index (χ0n) is 18.1. The Labute approximate surface area is 206 Å². The van der Waals surface area contributed by atoms with Crippen molar-refractivity contribution in [1.82, 2.24) is 9.34 Å². The molecule has 17 heteroatoms. The molecule has 0 bridgehead atoms. The predicted molar refractivity (Wildman–Crippen MR) is 118 cm³/mol. The predicted octanol–water partition coefficient (Wildman–Crippen LogP) is 5.96. The molecular formula is C18H20Cl2F8N2O3P2. The van der Waals surface area contributed by atoms with E-state index >= 15 is 0 Å². The fourth-order valence-electron chi connectivity index (χ4n) is 4.28. The van der Waals surface area contributed by atoms with Crippen LogP contribution in [0, 0.1) is 0 Å². The number of fused-ring (bicyclic) bond motifs is 1. The Morgan fingerprint density at radius 1 is 1.00 bits per heavy atom. The second-order valence-corrected chi connectivity index (χ2v) is 17.1. The normalized spacial score (nSPS) is 27.7. The van der Waals surface area contributed by atoms with E-state index in [9.17, 15) is 39.9 Å². The van der Waals surface area contributed by atoms with E-state index in [0.29, 0.717) is 4.67 Å². The van der Waals surface area contributed by atoms with Gasteiger partial charge in [-0.25, -0.2) is 0 Å². The van der Waals surface area contributed by atoms with Crippen LogP contribution in [0.2, 0.25) is 0 Å². The molecule has 3 atom stereocenters. The number of carbonyl (C=O) groups excluding carboxylic acids is 1. The van der Waals surface area contributed by atoms with Gasteiger partial charge in [0.1, 0.15) is 0 Å². The monoisotopic (exact) mass is 596 g/mol. The molecule has 2 aliphatic heterocycles. The number of alkyl halides is 10. The Bertz CT molecular complexity index is 982. The first kappa shape index (κ1) is 29.0. The van der Waals surface area contributed by atoms with Crippen molar-refractivity contribution < 1.29 is 49.0 Å². The van der Waals surface area contributed by atoms with Gasteiger partial charge in [0.05, 0.1) is 0 Å². The molecule has 1 amide bonds. The molecule has 0 radical (unpaired) electrons. The number of nitrogens with zero attached hydrogens (tertiary/aromatic N) is 2. The number of halogens is 10. The van der Waals surface area contributed by atoms with Crippen LogP contribution in [0.3, 0.4) is 0 Å². The molecule has 0 saturated carbocycles. The fourth-order valence-corrected chi connectivity index (χ4v) is 16.9. The number of benzene rings is 1. The third kappa shape index (κ3) is 4.14. The number of hydrogen-bond donors (Lipinski definition) is 0. The summed E-state index contributed by atoms with van der Waals surface area (Å²) in [6.45, 7) is 0.590. The number of rotatable bonds is 6. The van der Waals surface area contributed by atoms with E-state index in [-0.39, 0.29) is 35.7 Å². The van der Waals surface area contributed by atoms with Crippen molar-refractivity contribution in [2.75, 3.05) is 38.6 Å². The Kier molecular flexibility index (Phi) is 7.73. The van der Waals surface area contributed by atoms with Crippen LogP contribution >= 0.6 is 37.9 Å². The third-order valence-electron chi connectivity index (χ3n) is 5.90. The topological polar surface area (TPSA) is 42.0 Å². The number of carbonyl (C=O) groups is 1. The van der Waals surface area contributed by atoms with E-state index in [1.165, 1.54) is 30.9 Å². The zero-order chi connectivity index (χ0) is 26.6. The molecule has 2 aliphatic rings. The molecule has 35 heavy (non-hydrogen) atoms. The van der Waals surface area contributed by atoms with Gasteiger partial charge in [-0.2, -0.15) is 0 Å². The van der Waals surface area contributed by atoms with Crippen molar-refractivity contribution in [3.8, 4) is 0 Å². The summed E-state index contributed by atoms with van der Waals surface area (Å²) >= 11 is 11.7. The molecule has 3 rings (SSSR count). The first-order valence-electron chi connectivity index (χ1n) is 9.90. The Morgan fingerprint density at radius 2 is 1.51 bits per heavy atom. The van der Waals surface area contributed by atoms with Crippen molar-refractivity contribution >= 4 is 49.1 Å². The van der Waals surface area contributed by atoms with Gasteiger partial charge in [-0.3, -0.25) is 0 Å². The second-order valence-electron chi connectivity index (χ2n) is 7.75. The summed E-state index contributed by atoms with van der Waals surface area (Å²) in [6.07, 6.45) is -19.6. The van der Waals surface area contributed by atoms with E-state index in [1.54, 1.807) is 0 Å². The van der Waals surface area contributed by atoms with Crippen LogP contribution in [-0.4, -0.2) is 84.3 Å². The van der Waals surface area contributed by atoms with Crippen molar-refractivity contribution in [2.24, 2.45) is 0 Å². The van der Waals surface area contributed by atoms with Crippen LogP contribution in [0.1, 0.15) is 10.4 Å². The average molecular weight is 597 g/mol. The third-order valence-corrected chi connectivity index (χ3v) is 18.0. The summed E-state index contributed by atoms with van der Waals surface area (Å²) in [7, 11) is -7.01. The van der Waals surface area contributed by atoms with Crippen molar-refractivity contribution in [1.29, 1.82) is 0 Å². The van der Waals surface area contributed by atoms with Crippen molar-refractivity contribution in [3.63, 3.8) is 0 Å². The molecule has 0 N–H and O–H groups in total. The molecule has 1 fully saturated rings. The molecule has 200 valence electrons. The minimum atomic E-state index is -6.40. The van der Waals surface area contributed by atoms with Gasteiger partial charge in [0.15, 0.2) is 0 Å². The van der Waals surface area contributed by atoms with Crippen LogP contribution in [-0.2, 0) is 9.05 Å². The van der Waals surface area contributed by atoms with Gasteiger partial charge in [0.2, 0.25) is 0 Å². The maximum atomic E-state index is 14.6. The van der Waals surface area contributed by atoms with Crippen molar-refractivity contribution in [2.45, 2.75) is 30.5 Å². The second kappa shape index (κ2) is 9.33. The Morgan fingerprint density at radius 3 is 2.00 bits per heavy atom. The SMILES string of the molecule is CN1C(=O)c2ccccc2P(C)P12(N(CCCl)CCCl)OC(C(F)(F)F)C(C(F)(F)C(F)(F)F)O2. The summed E-state index contributed by atoms with van der Waals surface area (Å²) in [6, 6.07) is 5.68. The first-order chi connectivity index (χ1) is 16.0.